The Morgan fingerprint density at radius 1 is 1.67 bits per heavy atom. The molecule has 3 nitrogen and oxygen atoms in total. The predicted molar refractivity (Wildman–Crippen MR) is 60.3 cm³/mol. The molecule has 5 heteroatoms. The maximum Gasteiger partial charge on any atom is 0.309 e. The fraction of sp³-hybridized carbons (Fsp3) is 0.500. The second kappa shape index (κ2) is 4.51. The van der Waals surface area contributed by atoms with Gasteiger partial charge in [0.05, 0.1) is 21.4 Å². The van der Waals surface area contributed by atoms with Gasteiger partial charge in [0.15, 0.2) is 0 Å². The first kappa shape index (κ1) is 12.5. The molecule has 0 aliphatic carbocycles. The SMILES string of the molecule is CC(C)(CC(O)c1sccc1Cl)C(=O)O. The Morgan fingerprint density at radius 3 is 2.67 bits per heavy atom. The van der Waals surface area contributed by atoms with Crippen molar-refractivity contribution in [2.75, 3.05) is 0 Å². The van der Waals surface area contributed by atoms with Crippen molar-refractivity contribution in [2.45, 2.75) is 26.4 Å². The summed E-state index contributed by atoms with van der Waals surface area (Å²) in [5, 5.41) is 21.0. The second-order valence-electron chi connectivity index (χ2n) is 4.04. The van der Waals surface area contributed by atoms with Crippen LogP contribution in [0.4, 0.5) is 0 Å². The second-order valence-corrected chi connectivity index (χ2v) is 5.40. The van der Waals surface area contributed by atoms with Gasteiger partial charge in [-0.15, -0.1) is 11.3 Å². The van der Waals surface area contributed by atoms with Gasteiger partial charge in [-0.3, -0.25) is 4.79 Å². The van der Waals surface area contributed by atoms with Gasteiger partial charge in [0, 0.05) is 0 Å². The van der Waals surface area contributed by atoms with E-state index in [9.17, 15) is 9.90 Å². The van der Waals surface area contributed by atoms with Crippen molar-refractivity contribution in [1.82, 2.24) is 0 Å². The molecule has 1 atom stereocenters. The molecule has 1 aromatic rings. The molecule has 15 heavy (non-hydrogen) atoms. The van der Waals surface area contributed by atoms with Crippen LogP contribution < -0.4 is 0 Å². The number of rotatable bonds is 4. The smallest absolute Gasteiger partial charge is 0.309 e. The molecule has 1 unspecified atom stereocenters. The van der Waals surface area contributed by atoms with Gasteiger partial charge in [0.1, 0.15) is 0 Å². The molecule has 0 fully saturated rings. The lowest BCUT2D eigenvalue weighted by Gasteiger charge is -2.22. The van der Waals surface area contributed by atoms with Crippen molar-refractivity contribution >= 4 is 28.9 Å². The van der Waals surface area contributed by atoms with Crippen molar-refractivity contribution in [3.05, 3.63) is 21.3 Å². The molecule has 0 aliphatic heterocycles. The van der Waals surface area contributed by atoms with Gasteiger partial charge in [-0.05, 0) is 31.7 Å². The first-order valence-electron chi connectivity index (χ1n) is 4.49. The van der Waals surface area contributed by atoms with E-state index in [4.69, 9.17) is 16.7 Å². The molecule has 0 aliphatic rings. The fourth-order valence-electron chi connectivity index (χ4n) is 1.21. The van der Waals surface area contributed by atoms with Gasteiger partial charge in [0.2, 0.25) is 0 Å². The van der Waals surface area contributed by atoms with Crippen LogP contribution in [-0.2, 0) is 4.79 Å². The summed E-state index contributed by atoms with van der Waals surface area (Å²) in [6.45, 7) is 3.17. The van der Waals surface area contributed by atoms with Crippen LogP contribution in [0.25, 0.3) is 0 Å². The normalized spacial score (nSPS) is 13.9. The molecule has 0 amide bonds. The van der Waals surface area contributed by atoms with Crippen molar-refractivity contribution in [2.24, 2.45) is 5.41 Å². The van der Waals surface area contributed by atoms with Gasteiger partial charge in [0.25, 0.3) is 0 Å². The van der Waals surface area contributed by atoms with E-state index < -0.39 is 17.5 Å². The van der Waals surface area contributed by atoms with E-state index in [1.165, 1.54) is 11.3 Å². The number of aliphatic hydroxyl groups is 1. The Hall–Kier alpha value is -0.580. The minimum atomic E-state index is -0.952. The molecule has 0 saturated heterocycles. The monoisotopic (exact) mass is 248 g/mol. The highest BCUT2D eigenvalue weighted by molar-refractivity contribution is 7.10. The predicted octanol–water partition coefficient (Wildman–Crippen LogP) is 2.94. The average molecular weight is 249 g/mol. The van der Waals surface area contributed by atoms with Crippen LogP contribution in [0.3, 0.4) is 0 Å². The third kappa shape index (κ3) is 2.93. The molecular formula is C10H13ClO3S. The number of carboxylic acid groups (broad SMARTS) is 1. The number of hydrogen-bond donors (Lipinski definition) is 2. The molecule has 1 aromatic heterocycles. The molecule has 84 valence electrons. The van der Waals surface area contributed by atoms with Crippen LogP contribution in [0.5, 0.6) is 0 Å². The van der Waals surface area contributed by atoms with Gasteiger partial charge < -0.3 is 10.2 Å². The summed E-state index contributed by atoms with van der Waals surface area (Å²) in [6, 6.07) is 1.69. The Bertz CT molecular complexity index is 359. The number of carbonyl (C=O) groups is 1. The van der Waals surface area contributed by atoms with E-state index >= 15 is 0 Å². The van der Waals surface area contributed by atoms with Crippen molar-refractivity contribution in [1.29, 1.82) is 0 Å². The van der Waals surface area contributed by atoms with E-state index in [0.29, 0.717) is 9.90 Å². The highest BCUT2D eigenvalue weighted by Gasteiger charge is 2.31. The number of aliphatic hydroxyl groups excluding tert-OH is 1. The molecule has 0 radical (unpaired) electrons. The maximum atomic E-state index is 10.9. The van der Waals surface area contributed by atoms with Crippen LogP contribution in [0.1, 0.15) is 31.2 Å². The summed E-state index contributed by atoms with van der Waals surface area (Å²) in [7, 11) is 0. The lowest BCUT2D eigenvalue weighted by Crippen LogP contribution is -2.25. The zero-order valence-corrected chi connectivity index (χ0v) is 10.1. The van der Waals surface area contributed by atoms with Gasteiger partial charge in [-0.2, -0.15) is 0 Å². The summed E-state index contributed by atoms with van der Waals surface area (Å²) >= 11 is 7.18. The summed E-state index contributed by atoms with van der Waals surface area (Å²) in [6.07, 6.45) is -0.661. The minimum Gasteiger partial charge on any atom is -0.481 e. The lowest BCUT2D eigenvalue weighted by molar-refractivity contribution is -0.148. The number of carboxylic acids is 1. The fourth-order valence-corrected chi connectivity index (χ4v) is 2.38. The van der Waals surface area contributed by atoms with Gasteiger partial charge in [-0.1, -0.05) is 11.6 Å². The Labute approximate surface area is 97.3 Å². The highest BCUT2D eigenvalue weighted by atomic mass is 35.5. The first-order valence-corrected chi connectivity index (χ1v) is 5.74. The van der Waals surface area contributed by atoms with Crippen molar-refractivity contribution in [3.63, 3.8) is 0 Å². The van der Waals surface area contributed by atoms with Crippen LogP contribution in [0.2, 0.25) is 5.02 Å². The number of aliphatic carboxylic acids is 1. The van der Waals surface area contributed by atoms with Crippen LogP contribution in [0, 0.1) is 5.41 Å². The molecule has 0 bridgehead atoms. The highest BCUT2D eigenvalue weighted by Crippen LogP contribution is 2.36. The van der Waals surface area contributed by atoms with E-state index in [2.05, 4.69) is 0 Å². The molecule has 2 N–H and O–H groups in total. The third-order valence-electron chi connectivity index (χ3n) is 2.23. The Morgan fingerprint density at radius 2 is 2.27 bits per heavy atom. The largest absolute Gasteiger partial charge is 0.481 e. The summed E-state index contributed by atoms with van der Waals surface area (Å²) in [5.41, 5.74) is -0.952. The number of hydrogen-bond acceptors (Lipinski definition) is 3. The minimum absolute atomic E-state index is 0.155. The maximum absolute atomic E-state index is 10.9. The summed E-state index contributed by atoms with van der Waals surface area (Å²) < 4.78 is 0. The van der Waals surface area contributed by atoms with E-state index in [1.54, 1.807) is 25.3 Å². The van der Waals surface area contributed by atoms with Gasteiger partial charge >= 0.3 is 5.97 Å². The quantitative estimate of drug-likeness (QED) is 0.861. The topological polar surface area (TPSA) is 57.5 Å². The number of halogens is 1. The van der Waals surface area contributed by atoms with Crippen LogP contribution >= 0.6 is 22.9 Å². The number of thiophene rings is 1. The molecule has 0 spiro atoms. The van der Waals surface area contributed by atoms with Crippen molar-refractivity contribution < 1.29 is 15.0 Å². The lowest BCUT2D eigenvalue weighted by atomic mass is 9.86. The molecule has 0 aromatic carbocycles. The van der Waals surface area contributed by atoms with E-state index in [1.807, 2.05) is 0 Å². The van der Waals surface area contributed by atoms with Crippen molar-refractivity contribution in [3.8, 4) is 0 Å². The Kier molecular flexibility index (Phi) is 3.76. The molecule has 1 rings (SSSR count). The average Bonchev–Trinajstić information content (AvgIpc) is 2.50. The standard InChI is InChI=1S/C10H13ClO3S/c1-10(2,9(13)14)5-7(12)8-6(11)3-4-15-8/h3-4,7,12H,5H2,1-2H3,(H,13,14). The van der Waals surface area contributed by atoms with Crippen LogP contribution in [-0.4, -0.2) is 16.2 Å². The van der Waals surface area contributed by atoms with E-state index in [-0.39, 0.29) is 6.42 Å². The van der Waals surface area contributed by atoms with Crippen LogP contribution in [0.15, 0.2) is 11.4 Å². The zero-order chi connectivity index (χ0) is 11.6. The first-order chi connectivity index (χ1) is 6.84. The Balaban J connectivity index is 2.76. The van der Waals surface area contributed by atoms with Gasteiger partial charge in [-0.25, -0.2) is 0 Å². The third-order valence-corrected chi connectivity index (χ3v) is 3.69. The summed E-state index contributed by atoms with van der Waals surface area (Å²) in [4.78, 5) is 11.5. The summed E-state index contributed by atoms with van der Waals surface area (Å²) in [5.74, 6) is -0.922. The van der Waals surface area contributed by atoms with E-state index in [0.717, 1.165) is 0 Å². The molecule has 0 saturated carbocycles. The zero-order valence-electron chi connectivity index (χ0n) is 8.53. The molecular weight excluding hydrogens is 236 g/mol. The molecule has 1 heterocycles.